The van der Waals surface area contributed by atoms with Crippen LogP contribution in [0, 0.1) is 11.8 Å². The lowest BCUT2D eigenvalue weighted by Crippen LogP contribution is -2.50. The van der Waals surface area contributed by atoms with Crippen LogP contribution in [0.5, 0.6) is 0 Å². The largest absolute Gasteiger partial charge is 0.378 e. The summed E-state index contributed by atoms with van der Waals surface area (Å²) < 4.78 is 14.0. The molecule has 0 saturated carbocycles. The molecule has 4 rings (SSSR count). The van der Waals surface area contributed by atoms with E-state index >= 15 is 0 Å². The third-order valence-electron chi connectivity index (χ3n) is 8.49. The van der Waals surface area contributed by atoms with Crippen molar-refractivity contribution in [2.75, 3.05) is 25.4 Å². The summed E-state index contributed by atoms with van der Waals surface area (Å²) in [7, 11) is -3.96. The Hall–Kier alpha value is -2.59. The summed E-state index contributed by atoms with van der Waals surface area (Å²) in [5, 5.41) is 23.0. The van der Waals surface area contributed by atoms with Crippen molar-refractivity contribution in [3.63, 3.8) is 0 Å². The van der Waals surface area contributed by atoms with Crippen molar-refractivity contribution in [3.05, 3.63) is 71.8 Å². The fraction of sp³-hybridized carbons (Fsp3) is 0.533. The van der Waals surface area contributed by atoms with E-state index in [1.54, 1.807) is 9.80 Å². The SMILES string of the molecule is NC(=O)[C@@H]1CCCN1C(O)C(Cc1ccccc1)CP(=O)(O)CC(Cc1ccccc1)C(O)N1CCC[C@H]1C(N)=O. The fourth-order valence-electron chi connectivity index (χ4n) is 6.53. The molecule has 0 aromatic heterocycles. The zero-order chi connectivity index (χ0) is 29.6. The highest BCUT2D eigenvalue weighted by Crippen LogP contribution is 2.48. The van der Waals surface area contributed by atoms with Crippen LogP contribution in [0.1, 0.15) is 36.8 Å². The van der Waals surface area contributed by atoms with E-state index in [4.69, 9.17) is 11.5 Å². The molecule has 0 spiro atoms. The Labute approximate surface area is 241 Å². The van der Waals surface area contributed by atoms with Crippen LogP contribution >= 0.6 is 7.37 Å². The highest BCUT2D eigenvalue weighted by Gasteiger charge is 2.42. The molecule has 0 radical (unpaired) electrons. The minimum Gasteiger partial charge on any atom is -0.378 e. The van der Waals surface area contributed by atoms with Gasteiger partial charge < -0.3 is 26.6 Å². The van der Waals surface area contributed by atoms with Crippen LogP contribution in [0.25, 0.3) is 0 Å². The van der Waals surface area contributed by atoms with Gasteiger partial charge in [-0.15, -0.1) is 0 Å². The highest BCUT2D eigenvalue weighted by atomic mass is 31.2. The smallest absolute Gasteiger partial charge is 0.234 e. The maximum absolute atomic E-state index is 14.0. The van der Waals surface area contributed by atoms with Gasteiger partial charge in [-0.2, -0.15) is 0 Å². The molecule has 6 atom stereocenters. The average molecular weight is 587 g/mol. The van der Waals surface area contributed by atoms with E-state index in [1.165, 1.54) is 0 Å². The van der Waals surface area contributed by atoms with Crippen LogP contribution in [0.2, 0.25) is 0 Å². The molecule has 2 amide bonds. The molecule has 2 saturated heterocycles. The Bertz CT molecular complexity index is 1110. The number of carbonyl (C=O) groups excluding carboxylic acids is 2. The van der Waals surface area contributed by atoms with Crippen LogP contribution in [-0.4, -0.2) is 86.7 Å². The summed E-state index contributed by atoms with van der Waals surface area (Å²) in [6.45, 7) is 0.934. The topological polar surface area (TPSA) is 170 Å². The van der Waals surface area contributed by atoms with Crippen LogP contribution < -0.4 is 11.5 Å². The van der Waals surface area contributed by atoms with Crippen molar-refractivity contribution in [1.82, 2.24) is 9.80 Å². The molecule has 4 unspecified atom stereocenters. The molecule has 2 aromatic rings. The van der Waals surface area contributed by atoms with Gasteiger partial charge in [0, 0.05) is 37.2 Å². The normalized spacial score (nSPS) is 24.4. The van der Waals surface area contributed by atoms with E-state index in [0.29, 0.717) is 51.6 Å². The summed E-state index contributed by atoms with van der Waals surface area (Å²) in [6, 6.07) is 17.6. The van der Waals surface area contributed by atoms with E-state index in [2.05, 4.69) is 0 Å². The van der Waals surface area contributed by atoms with Crippen LogP contribution in [0.3, 0.4) is 0 Å². The minimum absolute atomic E-state index is 0.206. The summed E-state index contributed by atoms with van der Waals surface area (Å²) >= 11 is 0. The lowest BCUT2D eigenvalue weighted by molar-refractivity contribution is -0.128. The molecule has 224 valence electrons. The van der Waals surface area contributed by atoms with Gasteiger partial charge in [-0.05, 0) is 49.7 Å². The number of nitrogens with zero attached hydrogens (tertiary/aromatic N) is 2. The van der Waals surface area contributed by atoms with Gasteiger partial charge in [0.2, 0.25) is 19.2 Å². The number of hydrogen-bond donors (Lipinski definition) is 5. The molecule has 0 aliphatic carbocycles. The monoisotopic (exact) mass is 586 g/mol. The van der Waals surface area contributed by atoms with Crippen LogP contribution in [0.4, 0.5) is 0 Å². The van der Waals surface area contributed by atoms with E-state index in [-0.39, 0.29) is 12.3 Å². The summed E-state index contributed by atoms with van der Waals surface area (Å²) in [4.78, 5) is 38.9. The molecule has 2 aliphatic rings. The molecule has 2 aliphatic heterocycles. The number of hydrogen-bond acceptors (Lipinski definition) is 7. The van der Waals surface area contributed by atoms with Crippen molar-refractivity contribution in [2.45, 2.75) is 63.1 Å². The Morgan fingerprint density at radius 1 is 0.756 bits per heavy atom. The van der Waals surface area contributed by atoms with E-state index in [9.17, 15) is 29.3 Å². The van der Waals surface area contributed by atoms with Gasteiger partial charge in [0.05, 0.1) is 12.1 Å². The van der Waals surface area contributed by atoms with Crippen molar-refractivity contribution in [1.29, 1.82) is 0 Å². The Kier molecular flexibility index (Phi) is 10.7. The van der Waals surface area contributed by atoms with Gasteiger partial charge in [-0.25, -0.2) is 0 Å². The van der Waals surface area contributed by atoms with Crippen molar-refractivity contribution in [3.8, 4) is 0 Å². The Balaban J connectivity index is 1.58. The zero-order valence-electron chi connectivity index (χ0n) is 23.4. The van der Waals surface area contributed by atoms with E-state index in [1.807, 2.05) is 60.7 Å². The second-order valence-electron chi connectivity index (χ2n) is 11.5. The molecule has 10 nitrogen and oxygen atoms in total. The van der Waals surface area contributed by atoms with E-state index in [0.717, 1.165) is 11.1 Å². The molecular weight excluding hydrogens is 543 g/mol. The van der Waals surface area contributed by atoms with Gasteiger partial charge in [0.25, 0.3) is 0 Å². The third-order valence-corrected chi connectivity index (χ3v) is 10.6. The van der Waals surface area contributed by atoms with Gasteiger partial charge in [0.15, 0.2) is 0 Å². The highest BCUT2D eigenvalue weighted by molar-refractivity contribution is 7.58. The minimum atomic E-state index is -3.96. The maximum atomic E-state index is 14.0. The predicted octanol–water partition coefficient (Wildman–Crippen LogP) is 1.51. The first-order chi connectivity index (χ1) is 19.6. The number of carbonyl (C=O) groups is 2. The van der Waals surface area contributed by atoms with Crippen molar-refractivity contribution < 1.29 is 29.3 Å². The van der Waals surface area contributed by atoms with Crippen molar-refractivity contribution >= 4 is 19.2 Å². The second kappa shape index (κ2) is 14.1. The molecule has 2 fully saturated rings. The number of aliphatic hydroxyl groups is 2. The quantitative estimate of drug-likeness (QED) is 0.207. The van der Waals surface area contributed by atoms with Gasteiger partial charge in [-0.3, -0.25) is 24.0 Å². The molecule has 7 N–H and O–H groups in total. The first-order valence-electron chi connectivity index (χ1n) is 14.4. The number of rotatable bonds is 14. The fourth-order valence-corrected chi connectivity index (χ4v) is 8.78. The second-order valence-corrected chi connectivity index (χ2v) is 14.0. The summed E-state index contributed by atoms with van der Waals surface area (Å²) in [5.74, 6) is -2.36. The molecule has 2 heterocycles. The predicted molar refractivity (Wildman–Crippen MR) is 157 cm³/mol. The van der Waals surface area contributed by atoms with Crippen LogP contribution in [0.15, 0.2) is 60.7 Å². The Morgan fingerprint density at radius 3 is 1.46 bits per heavy atom. The lowest BCUT2D eigenvalue weighted by atomic mass is 9.98. The van der Waals surface area contributed by atoms with E-state index < -0.39 is 55.6 Å². The third kappa shape index (κ3) is 8.25. The number of aliphatic hydroxyl groups excluding tert-OH is 2. The average Bonchev–Trinajstić information content (AvgIpc) is 3.63. The lowest BCUT2D eigenvalue weighted by Gasteiger charge is -2.36. The van der Waals surface area contributed by atoms with Gasteiger partial charge in [0.1, 0.15) is 12.5 Å². The molecule has 0 bridgehead atoms. The molecule has 11 heteroatoms. The van der Waals surface area contributed by atoms with Gasteiger partial charge >= 0.3 is 0 Å². The molecular formula is C30H43N4O6P. The number of likely N-dealkylation sites (tertiary alicyclic amines) is 2. The zero-order valence-corrected chi connectivity index (χ0v) is 24.3. The number of amides is 2. The molecule has 2 aromatic carbocycles. The first kappa shape index (κ1) is 31.3. The maximum Gasteiger partial charge on any atom is 0.234 e. The molecule has 41 heavy (non-hydrogen) atoms. The van der Waals surface area contributed by atoms with Crippen LogP contribution in [-0.2, 0) is 27.0 Å². The standard InChI is InChI=1S/C30H43N4O6P/c31-27(35)25-13-7-15-33(25)29(37)23(17-21-9-3-1-4-10-21)19-41(39,40)20-24(18-22-11-5-2-6-12-22)30(38)34-16-8-14-26(34)28(32)36/h1-6,9-12,23-26,29-30,37-38H,7-8,13-20H2,(H2,31,35)(H2,32,36)(H,39,40)/t23?,24?,25-,26-,29?,30?/m0/s1. The van der Waals surface area contributed by atoms with Gasteiger partial charge in [-0.1, -0.05) is 60.7 Å². The number of benzene rings is 2. The Morgan fingerprint density at radius 2 is 1.12 bits per heavy atom. The number of primary amides is 2. The first-order valence-corrected chi connectivity index (χ1v) is 16.4. The summed E-state index contributed by atoms with van der Waals surface area (Å²) in [5.41, 5.74) is 13.0. The summed E-state index contributed by atoms with van der Waals surface area (Å²) in [6.07, 6.45) is 0.407. The number of nitrogens with two attached hydrogens (primary N) is 2. The van der Waals surface area contributed by atoms with Crippen molar-refractivity contribution in [2.24, 2.45) is 23.3 Å².